The first-order valence-corrected chi connectivity index (χ1v) is 11.8. The zero-order valence-electron chi connectivity index (χ0n) is 17.3. The summed E-state index contributed by atoms with van der Waals surface area (Å²) in [4.78, 5) is 17.3. The van der Waals surface area contributed by atoms with Crippen LogP contribution < -0.4 is 5.32 Å². The second-order valence-corrected chi connectivity index (χ2v) is 9.70. The van der Waals surface area contributed by atoms with E-state index in [1.54, 1.807) is 12.1 Å². The van der Waals surface area contributed by atoms with Crippen molar-refractivity contribution in [2.45, 2.75) is 24.4 Å². The summed E-state index contributed by atoms with van der Waals surface area (Å²) in [5.74, 6) is -0.344. The molecule has 32 heavy (non-hydrogen) atoms. The van der Waals surface area contributed by atoms with E-state index in [9.17, 15) is 13.2 Å². The fraction of sp³-hybridized carbons (Fsp3) is 0.167. The molecule has 2 aromatic carbocycles. The molecule has 1 N–H and O–H groups in total. The van der Waals surface area contributed by atoms with Gasteiger partial charge in [-0.2, -0.15) is 4.31 Å². The van der Waals surface area contributed by atoms with Crippen molar-refractivity contribution in [2.75, 3.05) is 6.54 Å². The van der Waals surface area contributed by atoms with Gasteiger partial charge in [0.2, 0.25) is 10.0 Å². The van der Waals surface area contributed by atoms with Crippen LogP contribution in [-0.4, -0.2) is 34.6 Å². The monoisotopic (exact) mass is 446 g/mol. The summed E-state index contributed by atoms with van der Waals surface area (Å²) in [6.07, 6.45) is 4.42. The first-order valence-electron chi connectivity index (χ1n) is 10.4. The Morgan fingerprint density at radius 2 is 1.81 bits per heavy atom. The Balaban J connectivity index is 1.31. The summed E-state index contributed by atoms with van der Waals surface area (Å²) >= 11 is 0. The number of amides is 1. The van der Waals surface area contributed by atoms with Crippen LogP contribution in [0.25, 0.3) is 5.65 Å². The van der Waals surface area contributed by atoms with Crippen molar-refractivity contribution in [3.8, 4) is 0 Å². The van der Waals surface area contributed by atoms with E-state index >= 15 is 0 Å². The molecule has 1 aliphatic rings. The lowest BCUT2D eigenvalue weighted by atomic mass is 10.0. The number of rotatable bonds is 5. The third kappa shape index (κ3) is 3.90. The highest BCUT2D eigenvalue weighted by Gasteiger charge is 2.28. The number of pyridine rings is 1. The summed E-state index contributed by atoms with van der Waals surface area (Å²) in [5, 5.41) is 2.82. The molecule has 0 bridgehead atoms. The smallest absolute Gasteiger partial charge is 0.251 e. The van der Waals surface area contributed by atoms with Crippen LogP contribution in [0.4, 0.5) is 0 Å². The van der Waals surface area contributed by atoms with Crippen LogP contribution in [-0.2, 0) is 29.5 Å². The van der Waals surface area contributed by atoms with Crippen LogP contribution in [0.15, 0.2) is 84.0 Å². The van der Waals surface area contributed by atoms with Crippen LogP contribution in [0.3, 0.4) is 0 Å². The number of nitrogens with zero attached hydrogens (tertiary/aromatic N) is 3. The summed E-state index contributed by atoms with van der Waals surface area (Å²) < 4.78 is 29.8. The minimum absolute atomic E-state index is 0.122. The van der Waals surface area contributed by atoms with Gasteiger partial charge < -0.3 is 9.72 Å². The number of benzene rings is 2. The quantitative estimate of drug-likeness (QED) is 0.511. The van der Waals surface area contributed by atoms with E-state index in [0.29, 0.717) is 25.1 Å². The average molecular weight is 447 g/mol. The summed E-state index contributed by atoms with van der Waals surface area (Å²) in [6.45, 7) is 1.01. The number of imidazole rings is 1. The highest BCUT2D eigenvalue weighted by molar-refractivity contribution is 7.89. The van der Waals surface area contributed by atoms with E-state index in [2.05, 4.69) is 10.3 Å². The second kappa shape index (κ2) is 8.22. The van der Waals surface area contributed by atoms with Gasteiger partial charge in [0.15, 0.2) is 0 Å². The predicted octanol–water partition coefficient (Wildman–Crippen LogP) is 3.01. The molecule has 1 amide bonds. The molecule has 0 atom stereocenters. The van der Waals surface area contributed by atoms with Gasteiger partial charge in [0.1, 0.15) is 5.65 Å². The Bertz CT molecular complexity index is 1380. The van der Waals surface area contributed by atoms with Crippen molar-refractivity contribution >= 4 is 21.6 Å². The standard InChI is InChI=1S/C24H22N4O3S/c29-24(25-15-21-17-27-12-4-3-10-23(27)26-21)19-8-5-9-22(14-19)32(30,31)28-13-11-18-6-1-2-7-20(18)16-28/h1-10,12,14,17H,11,13,15-16H2,(H,25,29). The van der Waals surface area contributed by atoms with Crippen LogP contribution in [0.1, 0.15) is 27.2 Å². The normalized spacial score (nSPS) is 14.2. The molecule has 0 spiro atoms. The van der Waals surface area contributed by atoms with Crippen molar-refractivity contribution < 1.29 is 13.2 Å². The third-order valence-corrected chi connectivity index (χ3v) is 7.51. The Kier molecular flexibility index (Phi) is 5.24. The maximum absolute atomic E-state index is 13.2. The fourth-order valence-electron chi connectivity index (χ4n) is 3.97. The zero-order valence-corrected chi connectivity index (χ0v) is 18.1. The minimum atomic E-state index is -3.71. The van der Waals surface area contributed by atoms with Crippen molar-refractivity contribution in [1.29, 1.82) is 0 Å². The Morgan fingerprint density at radius 1 is 1.00 bits per heavy atom. The molecule has 0 radical (unpaired) electrons. The van der Waals surface area contributed by atoms with Crippen LogP contribution in [0.5, 0.6) is 0 Å². The van der Waals surface area contributed by atoms with Gasteiger partial charge in [-0.05, 0) is 47.9 Å². The molecule has 0 saturated carbocycles. The largest absolute Gasteiger partial charge is 0.346 e. The number of aromatic nitrogens is 2. The zero-order chi connectivity index (χ0) is 22.1. The number of hydrogen-bond donors (Lipinski definition) is 1. The van der Waals surface area contributed by atoms with Gasteiger partial charge in [0.25, 0.3) is 5.91 Å². The van der Waals surface area contributed by atoms with Crippen LogP contribution in [0.2, 0.25) is 0 Å². The molecule has 0 unspecified atom stereocenters. The lowest BCUT2D eigenvalue weighted by Crippen LogP contribution is -2.36. The van der Waals surface area contributed by atoms with Crippen molar-refractivity contribution in [2.24, 2.45) is 0 Å². The van der Waals surface area contributed by atoms with E-state index in [-0.39, 0.29) is 17.3 Å². The molecule has 1 aliphatic heterocycles. The van der Waals surface area contributed by atoms with Gasteiger partial charge in [0, 0.05) is 31.0 Å². The van der Waals surface area contributed by atoms with Crippen molar-refractivity contribution in [1.82, 2.24) is 19.0 Å². The second-order valence-electron chi connectivity index (χ2n) is 7.77. The van der Waals surface area contributed by atoms with Gasteiger partial charge in [0.05, 0.1) is 17.1 Å². The first kappa shape index (κ1) is 20.4. The van der Waals surface area contributed by atoms with E-state index < -0.39 is 10.0 Å². The number of fused-ring (bicyclic) bond motifs is 2. The SMILES string of the molecule is O=C(NCc1cn2ccccc2n1)c1cccc(S(=O)(=O)N2CCc3ccccc3C2)c1. The molecular formula is C24H22N4O3S. The highest BCUT2D eigenvalue weighted by Crippen LogP contribution is 2.25. The number of hydrogen-bond acceptors (Lipinski definition) is 4. The molecular weight excluding hydrogens is 424 g/mol. The maximum atomic E-state index is 13.2. The number of nitrogens with one attached hydrogen (secondary N) is 1. The lowest BCUT2D eigenvalue weighted by Gasteiger charge is -2.28. The molecule has 0 fully saturated rings. The van der Waals surface area contributed by atoms with Gasteiger partial charge in [-0.25, -0.2) is 13.4 Å². The topological polar surface area (TPSA) is 83.8 Å². The molecule has 8 heteroatoms. The lowest BCUT2D eigenvalue weighted by molar-refractivity contribution is 0.0950. The summed E-state index contributed by atoms with van der Waals surface area (Å²) in [7, 11) is -3.71. The molecule has 0 aliphatic carbocycles. The number of carbonyl (C=O) groups is 1. The molecule has 5 rings (SSSR count). The third-order valence-electron chi connectivity index (χ3n) is 5.67. The van der Waals surface area contributed by atoms with Gasteiger partial charge in [-0.15, -0.1) is 0 Å². The van der Waals surface area contributed by atoms with E-state index in [4.69, 9.17) is 0 Å². The van der Waals surface area contributed by atoms with E-state index in [1.165, 1.54) is 22.0 Å². The van der Waals surface area contributed by atoms with Gasteiger partial charge >= 0.3 is 0 Å². The number of sulfonamides is 1. The molecule has 0 saturated heterocycles. The average Bonchev–Trinajstić information content (AvgIpc) is 3.25. The minimum Gasteiger partial charge on any atom is -0.346 e. The molecule has 7 nitrogen and oxygen atoms in total. The summed E-state index contributed by atoms with van der Waals surface area (Å²) in [6, 6.07) is 19.8. The van der Waals surface area contributed by atoms with Crippen molar-refractivity contribution in [3.63, 3.8) is 0 Å². The molecule has 2 aromatic heterocycles. The van der Waals surface area contributed by atoms with E-state index in [0.717, 1.165) is 16.9 Å². The number of carbonyl (C=O) groups excluding carboxylic acids is 1. The van der Waals surface area contributed by atoms with Crippen LogP contribution in [0, 0.1) is 0 Å². The Morgan fingerprint density at radius 3 is 2.66 bits per heavy atom. The van der Waals surface area contributed by atoms with Crippen LogP contribution >= 0.6 is 0 Å². The molecule has 4 aromatic rings. The Hall–Kier alpha value is -3.49. The van der Waals surface area contributed by atoms with Gasteiger partial charge in [-0.1, -0.05) is 36.4 Å². The fourth-order valence-corrected chi connectivity index (χ4v) is 5.43. The first-order chi connectivity index (χ1) is 15.5. The van der Waals surface area contributed by atoms with Gasteiger partial charge in [-0.3, -0.25) is 4.79 Å². The van der Waals surface area contributed by atoms with Crippen molar-refractivity contribution in [3.05, 3.63) is 102 Å². The Labute approximate surface area is 186 Å². The maximum Gasteiger partial charge on any atom is 0.251 e. The predicted molar refractivity (Wildman–Crippen MR) is 121 cm³/mol. The van der Waals surface area contributed by atoms with E-state index in [1.807, 2.05) is 59.3 Å². The molecule has 162 valence electrons. The summed E-state index contributed by atoms with van der Waals surface area (Å²) in [5.41, 5.74) is 4.02. The molecule has 3 heterocycles. The highest BCUT2D eigenvalue weighted by atomic mass is 32.2.